The minimum Gasteiger partial charge on any atom is -0.492 e. The summed E-state index contributed by atoms with van der Waals surface area (Å²) in [5.41, 5.74) is 2.62. The molecule has 2 nitrogen and oxygen atoms in total. The molecule has 0 heterocycles. The molecular formula is C19H26ClNO. The number of hydrogen-bond donors (Lipinski definition) is 0. The van der Waals surface area contributed by atoms with Crippen LogP contribution in [0, 0.1) is 0 Å². The second kappa shape index (κ2) is 10.3. The molecule has 0 saturated heterocycles. The zero-order chi connectivity index (χ0) is 14.9. The van der Waals surface area contributed by atoms with Gasteiger partial charge in [0.1, 0.15) is 12.4 Å². The smallest absolute Gasteiger partial charge is 0.119 e. The third kappa shape index (κ3) is 6.08. The van der Waals surface area contributed by atoms with Gasteiger partial charge in [0.15, 0.2) is 0 Å². The fourth-order valence-corrected chi connectivity index (χ4v) is 2.41. The molecule has 0 aromatic heterocycles. The minimum absolute atomic E-state index is 0. The summed E-state index contributed by atoms with van der Waals surface area (Å²) in [7, 11) is 0. The first-order valence-corrected chi connectivity index (χ1v) is 7.79. The van der Waals surface area contributed by atoms with Crippen LogP contribution in [0.4, 0.5) is 0 Å². The van der Waals surface area contributed by atoms with Gasteiger partial charge in [0.2, 0.25) is 0 Å². The summed E-state index contributed by atoms with van der Waals surface area (Å²) in [6.45, 7) is 8.25. The van der Waals surface area contributed by atoms with Gasteiger partial charge in [-0.25, -0.2) is 0 Å². The summed E-state index contributed by atoms with van der Waals surface area (Å²) < 4.78 is 5.88. The lowest BCUT2D eigenvalue weighted by molar-refractivity contribution is 0.222. The highest BCUT2D eigenvalue weighted by atomic mass is 35.5. The number of benzene rings is 2. The molecular weight excluding hydrogens is 294 g/mol. The van der Waals surface area contributed by atoms with E-state index in [1.165, 1.54) is 11.1 Å². The quantitative estimate of drug-likeness (QED) is 0.714. The third-order valence-electron chi connectivity index (χ3n) is 3.72. The average Bonchev–Trinajstić information content (AvgIpc) is 2.53. The summed E-state index contributed by atoms with van der Waals surface area (Å²) in [5.74, 6) is 0.968. The van der Waals surface area contributed by atoms with Crippen molar-refractivity contribution in [3.8, 4) is 5.75 Å². The molecule has 0 fully saturated rings. The van der Waals surface area contributed by atoms with E-state index in [-0.39, 0.29) is 12.4 Å². The minimum atomic E-state index is 0. The lowest BCUT2D eigenvalue weighted by atomic mass is 10.1. The predicted octanol–water partition coefficient (Wildman–Crippen LogP) is 4.42. The van der Waals surface area contributed by atoms with E-state index in [0.717, 1.165) is 38.4 Å². The fourth-order valence-electron chi connectivity index (χ4n) is 2.41. The van der Waals surface area contributed by atoms with Crippen LogP contribution < -0.4 is 4.74 Å². The van der Waals surface area contributed by atoms with Crippen LogP contribution in [0.5, 0.6) is 5.75 Å². The Labute approximate surface area is 140 Å². The van der Waals surface area contributed by atoms with E-state index in [1.54, 1.807) is 0 Å². The van der Waals surface area contributed by atoms with Crippen LogP contribution in [0.2, 0.25) is 0 Å². The van der Waals surface area contributed by atoms with Gasteiger partial charge >= 0.3 is 0 Å². The molecule has 0 aliphatic carbocycles. The average molecular weight is 320 g/mol. The van der Waals surface area contributed by atoms with Crippen LogP contribution in [0.25, 0.3) is 0 Å². The van der Waals surface area contributed by atoms with Crippen molar-refractivity contribution >= 4 is 12.4 Å². The molecule has 0 saturated carbocycles. The maximum atomic E-state index is 5.88. The van der Waals surface area contributed by atoms with Gasteiger partial charge in [-0.15, -0.1) is 12.4 Å². The van der Waals surface area contributed by atoms with E-state index in [0.29, 0.717) is 0 Å². The number of rotatable bonds is 8. The molecule has 0 bridgehead atoms. The van der Waals surface area contributed by atoms with Crippen molar-refractivity contribution in [1.29, 1.82) is 0 Å². The van der Waals surface area contributed by atoms with E-state index in [2.05, 4.69) is 67.3 Å². The maximum Gasteiger partial charge on any atom is 0.119 e. The Balaban J connectivity index is 0.00000242. The molecule has 2 aromatic carbocycles. The molecule has 0 spiro atoms. The van der Waals surface area contributed by atoms with Crippen LogP contribution in [0.1, 0.15) is 25.0 Å². The Hall–Kier alpha value is -1.51. The number of likely N-dealkylation sites (N-methyl/N-ethyl adjacent to an activating group) is 1. The van der Waals surface area contributed by atoms with Crippen molar-refractivity contribution in [2.45, 2.75) is 20.3 Å². The summed E-state index contributed by atoms with van der Waals surface area (Å²) in [5, 5.41) is 0. The molecule has 22 heavy (non-hydrogen) atoms. The van der Waals surface area contributed by atoms with Crippen molar-refractivity contribution in [3.63, 3.8) is 0 Å². The summed E-state index contributed by atoms with van der Waals surface area (Å²) in [6, 6.07) is 19.0. The lowest BCUT2D eigenvalue weighted by Crippen LogP contribution is -2.27. The van der Waals surface area contributed by atoms with Gasteiger partial charge in [0, 0.05) is 6.54 Å². The zero-order valence-corrected chi connectivity index (χ0v) is 14.3. The largest absolute Gasteiger partial charge is 0.492 e. The number of nitrogens with zero attached hydrogens (tertiary/aromatic N) is 1. The predicted molar refractivity (Wildman–Crippen MR) is 96.2 cm³/mol. The van der Waals surface area contributed by atoms with Crippen LogP contribution in [-0.2, 0) is 6.42 Å². The molecule has 0 unspecified atom stereocenters. The van der Waals surface area contributed by atoms with Gasteiger partial charge in [-0.3, -0.25) is 0 Å². The summed E-state index contributed by atoms with van der Waals surface area (Å²) in [6.07, 6.45) is 0.952. The summed E-state index contributed by atoms with van der Waals surface area (Å²) in [4.78, 5) is 2.37. The first kappa shape index (κ1) is 18.5. The molecule has 0 atom stereocenters. The Kier molecular flexibility index (Phi) is 8.64. The summed E-state index contributed by atoms with van der Waals surface area (Å²) >= 11 is 0. The van der Waals surface area contributed by atoms with Gasteiger partial charge in [-0.05, 0) is 42.8 Å². The second-order valence-corrected chi connectivity index (χ2v) is 5.19. The molecule has 3 heteroatoms. The zero-order valence-electron chi connectivity index (χ0n) is 13.5. The number of ether oxygens (including phenoxy) is 1. The molecule has 2 rings (SSSR count). The molecule has 2 aromatic rings. The highest BCUT2D eigenvalue weighted by molar-refractivity contribution is 5.85. The van der Waals surface area contributed by atoms with Crippen molar-refractivity contribution in [2.24, 2.45) is 0 Å². The van der Waals surface area contributed by atoms with Crippen LogP contribution in [0.15, 0.2) is 54.6 Å². The molecule has 120 valence electrons. The van der Waals surface area contributed by atoms with Crippen LogP contribution >= 0.6 is 12.4 Å². The molecule has 0 N–H and O–H groups in total. The van der Waals surface area contributed by atoms with Crippen molar-refractivity contribution in [2.75, 3.05) is 26.2 Å². The number of hydrogen-bond acceptors (Lipinski definition) is 2. The normalized spacial score (nSPS) is 10.3. The highest BCUT2D eigenvalue weighted by Gasteiger charge is 2.01. The Morgan fingerprint density at radius 2 is 1.55 bits per heavy atom. The van der Waals surface area contributed by atoms with Gasteiger partial charge in [0.05, 0.1) is 0 Å². The van der Waals surface area contributed by atoms with E-state index >= 15 is 0 Å². The standard InChI is InChI=1S/C19H25NO.ClH/c1-3-20(4-2)13-14-21-19-12-8-11-18(16-19)15-17-9-6-5-7-10-17;/h5-12,16H,3-4,13-15H2,1-2H3;1H. The topological polar surface area (TPSA) is 12.5 Å². The first-order valence-electron chi connectivity index (χ1n) is 7.79. The van der Waals surface area contributed by atoms with Crippen molar-refractivity contribution in [1.82, 2.24) is 4.90 Å². The Bertz CT molecular complexity index is 526. The van der Waals surface area contributed by atoms with Crippen molar-refractivity contribution in [3.05, 3.63) is 65.7 Å². The molecule has 0 aliphatic heterocycles. The molecule has 0 amide bonds. The van der Waals surface area contributed by atoms with Crippen LogP contribution in [0.3, 0.4) is 0 Å². The maximum absolute atomic E-state index is 5.88. The van der Waals surface area contributed by atoms with Gasteiger partial charge in [-0.1, -0.05) is 56.3 Å². The SMILES string of the molecule is CCN(CC)CCOc1cccc(Cc2ccccc2)c1.Cl. The Morgan fingerprint density at radius 3 is 2.23 bits per heavy atom. The van der Waals surface area contributed by atoms with Gasteiger partial charge in [0.25, 0.3) is 0 Å². The van der Waals surface area contributed by atoms with E-state index < -0.39 is 0 Å². The Morgan fingerprint density at radius 1 is 0.864 bits per heavy atom. The fraction of sp³-hybridized carbons (Fsp3) is 0.368. The third-order valence-corrected chi connectivity index (χ3v) is 3.72. The van der Waals surface area contributed by atoms with E-state index in [1.807, 2.05) is 6.07 Å². The highest BCUT2D eigenvalue weighted by Crippen LogP contribution is 2.16. The van der Waals surface area contributed by atoms with Gasteiger partial charge < -0.3 is 9.64 Å². The van der Waals surface area contributed by atoms with E-state index in [4.69, 9.17) is 4.74 Å². The molecule has 0 radical (unpaired) electrons. The first-order chi connectivity index (χ1) is 10.3. The van der Waals surface area contributed by atoms with E-state index in [9.17, 15) is 0 Å². The second-order valence-electron chi connectivity index (χ2n) is 5.19. The monoisotopic (exact) mass is 319 g/mol. The number of halogens is 1. The van der Waals surface area contributed by atoms with Crippen molar-refractivity contribution < 1.29 is 4.74 Å². The lowest BCUT2D eigenvalue weighted by Gasteiger charge is -2.18. The molecule has 0 aliphatic rings. The van der Waals surface area contributed by atoms with Crippen LogP contribution in [-0.4, -0.2) is 31.1 Å². The van der Waals surface area contributed by atoms with Gasteiger partial charge in [-0.2, -0.15) is 0 Å².